The molecule has 1 unspecified atom stereocenters. The van der Waals surface area contributed by atoms with Crippen LogP contribution in [0.4, 0.5) is 13.2 Å². The summed E-state index contributed by atoms with van der Waals surface area (Å²) >= 11 is 0. The van der Waals surface area contributed by atoms with E-state index in [1.807, 2.05) is 0 Å². The van der Waals surface area contributed by atoms with Crippen molar-refractivity contribution < 1.29 is 32.2 Å². The minimum Gasteiger partial charge on any atom is -0.467 e. The van der Waals surface area contributed by atoms with E-state index in [0.717, 1.165) is 12.1 Å². The van der Waals surface area contributed by atoms with Gasteiger partial charge in [0, 0.05) is 5.56 Å². The Kier molecular flexibility index (Phi) is 5.70. The zero-order valence-electron chi connectivity index (χ0n) is 14.4. The van der Waals surface area contributed by atoms with Gasteiger partial charge < -0.3 is 19.6 Å². The number of aliphatic hydroxyl groups is 1. The Labute approximate surface area is 158 Å². The second-order valence-corrected chi connectivity index (χ2v) is 5.90. The maximum Gasteiger partial charge on any atom is 0.416 e. The Morgan fingerprint density at radius 3 is 2.46 bits per heavy atom. The summed E-state index contributed by atoms with van der Waals surface area (Å²) in [5.41, 5.74) is -0.595. The van der Waals surface area contributed by atoms with Crippen molar-refractivity contribution in [3.63, 3.8) is 0 Å². The molecular formula is C20H16F3NO4. The van der Waals surface area contributed by atoms with E-state index < -0.39 is 23.8 Å². The molecule has 8 heteroatoms. The Morgan fingerprint density at radius 2 is 1.79 bits per heavy atom. The zero-order valence-corrected chi connectivity index (χ0v) is 14.4. The predicted octanol–water partition coefficient (Wildman–Crippen LogP) is 4.55. The fourth-order valence-corrected chi connectivity index (χ4v) is 2.45. The number of halogens is 3. The van der Waals surface area contributed by atoms with Gasteiger partial charge in [-0.25, -0.2) is 0 Å². The molecular weight excluding hydrogens is 375 g/mol. The third kappa shape index (κ3) is 4.92. The lowest BCUT2D eigenvalue weighted by Crippen LogP contribution is -2.28. The second kappa shape index (κ2) is 8.18. The number of amides is 1. The Hall–Kier alpha value is -3.26. The van der Waals surface area contributed by atoms with Crippen molar-refractivity contribution in [1.29, 1.82) is 0 Å². The van der Waals surface area contributed by atoms with Crippen LogP contribution in [0.25, 0.3) is 0 Å². The summed E-state index contributed by atoms with van der Waals surface area (Å²) in [6, 6.07) is 13.6. The molecule has 0 aliphatic rings. The first-order chi connectivity index (χ1) is 13.3. The van der Waals surface area contributed by atoms with E-state index >= 15 is 0 Å². The lowest BCUT2D eigenvalue weighted by atomic mass is 10.2. The van der Waals surface area contributed by atoms with E-state index in [1.54, 1.807) is 18.2 Å². The molecule has 0 saturated heterocycles. The van der Waals surface area contributed by atoms with Crippen LogP contribution in [-0.4, -0.2) is 17.6 Å². The smallest absolute Gasteiger partial charge is 0.416 e. The maximum atomic E-state index is 12.8. The van der Waals surface area contributed by atoms with E-state index in [1.165, 1.54) is 36.6 Å². The van der Waals surface area contributed by atoms with Gasteiger partial charge in [0.2, 0.25) is 0 Å². The molecule has 0 saturated carbocycles. The van der Waals surface area contributed by atoms with Crippen molar-refractivity contribution >= 4 is 5.91 Å². The van der Waals surface area contributed by atoms with Crippen LogP contribution >= 0.6 is 0 Å². The molecule has 28 heavy (non-hydrogen) atoms. The largest absolute Gasteiger partial charge is 0.467 e. The molecule has 0 radical (unpaired) electrons. The summed E-state index contributed by atoms with van der Waals surface area (Å²) in [5.74, 6) is 0.0567. The summed E-state index contributed by atoms with van der Waals surface area (Å²) in [6.45, 7) is -0.0644. The van der Waals surface area contributed by atoms with E-state index in [4.69, 9.17) is 9.15 Å². The zero-order chi connectivity index (χ0) is 20.1. The van der Waals surface area contributed by atoms with Gasteiger partial charge in [-0.1, -0.05) is 12.1 Å². The van der Waals surface area contributed by atoms with Gasteiger partial charge in [-0.15, -0.1) is 0 Å². The van der Waals surface area contributed by atoms with Gasteiger partial charge in [0.15, 0.2) is 0 Å². The molecule has 5 nitrogen and oxygen atoms in total. The molecule has 3 rings (SSSR count). The van der Waals surface area contributed by atoms with Crippen molar-refractivity contribution in [2.24, 2.45) is 0 Å². The fourth-order valence-electron chi connectivity index (χ4n) is 2.45. The Bertz CT molecular complexity index is 939. The Morgan fingerprint density at radius 1 is 1.07 bits per heavy atom. The minimum absolute atomic E-state index is 0.000578. The fraction of sp³-hybridized carbons (Fsp3) is 0.150. The van der Waals surface area contributed by atoms with Gasteiger partial charge in [-0.3, -0.25) is 4.79 Å². The number of hydrogen-bond acceptors (Lipinski definition) is 4. The molecule has 0 bridgehead atoms. The highest BCUT2D eigenvalue weighted by Gasteiger charge is 2.30. The molecule has 2 N–H and O–H groups in total. The first kappa shape index (κ1) is 19.5. The Balaban J connectivity index is 1.66. The third-order valence-corrected chi connectivity index (χ3v) is 3.82. The highest BCUT2D eigenvalue weighted by molar-refractivity contribution is 5.94. The lowest BCUT2D eigenvalue weighted by molar-refractivity contribution is -0.137. The van der Waals surface area contributed by atoms with Crippen LogP contribution < -0.4 is 10.1 Å². The van der Waals surface area contributed by atoms with Gasteiger partial charge in [0.25, 0.3) is 5.91 Å². The van der Waals surface area contributed by atoms with Gasteiger partial charge in [0.1, 0.15) is 23.4 Å². The van der Waals surface area contributed by atoms with Crippen molar-refractivity contribution in [3.05, 3.63) is 83.8 Å². The SMILES string of the molecule is O=C(NCC(O)c1ccco1)c1cccc(Oc2cccc(C(F)(F)F)c2)c1. The average molecular weight is 391 g/mol. The first-order valence-corrected chi connectivity index (χ1v) is 8.28. The number of carbonyl (C=O) groups excluding carboxylic acids is 1. The molecule has 3 aromatic rings. The van der Waals surface area contributed by atoms with Crippen LogP contribution in [0.1, 0.15) is 27.8 Å². The maximum absolute atomic E-state index is 12.8. The predicted molar refractivity (Wildman–Crippen MR) is 94.0 cm³/mol. The van der Waals surface area contributed by atoms with E-state index in [9.17, 15) is 23.1 Å². The third-order valence-electron chi connectivity index (χ3n) is 3.82. The van der Waals surface area contributed by atoms with Crippen molar-refractivity contribution in [1.82, 2.24) is 5.32 Å². The molecule has 1 aromatic heterocycles. The quantitative estimate of drug-likeness (QED) is 0.647. The highest BCUT2D eigenvalue weighted by Crippen LogP contribution is 2.32. The second-order valence-electron chi connectivity index (χ2n) is 5.90. The number of furan rings is 1. The van der Waals surface area contributed by atoms with Gasteiger partial charge in [0.05, 0.1) is 18.4 Å². The van der Waals surface area contributed by atoms with E-state index in [2.05, 4.69) is 5.32 Å². The van der Waals surface area contributed by atoms with Gasteiger partial charge in [-0.05, 0) is 48.5 Å². The number of rotatable bonds is 6. The molecule has 1 heterocycles. The van der Waals surface area contributed by atoms with Crippen molar-refractivity contribution in [2.45, 2.75) is 12.3 Å². The van der Waals surface area contributed by atoms with E-state index in [0.29, 0.717) is 5.76 Å². The highest BCUT2D eigenvalue weighted by atomic mass is 19.4. The summed E-state index contributed by atoms with van der Waals surface area (Å²) in [7, 11) is 0. The molecule has 1 amide bonds. The normalized spacial score (nSPS) is 12.4. The molecule has 0 aliphatic carbocycles. The number of ether oxygens (including phenoxy) is 1. The molecule has 0 spiro atoms. The number of alkyl halides is 3. The molecule has 0 aliphatic heterocycles. The summed E-state index contributed by atoms with van der Waals surface area (Å²) in [5, 5.41) is 12.5. The number of hydrogen-bond donors (Lipinski definition) is 2. The summed E-state index contributed by atoms with van der Waals surface area (Å²) < 4.78 is 48.9. The lowest BCUT2D eigenvalue weighted by Gasteiger charge is -2.12. The topological polar surface area (TPSA) is 71.7 Å². The molecule has 2 aromatic carbocycles. The summed E-state index contributed by atoms with van der Waals surface area (Å²) in [6.07, 6.45) is -4.06. The first-order valence-electron chi connectivity index (χ1n) is 8.28. The van der Waals surface area contributed by atoms with Gasteiger partial charge >= 0.3 is 6.18 Å². The number of aliphatic hydroxyl groups excluding tert-OH is 1. The van der Waals surface area contributed by atoms with Crippen LogP contribution in [0.5, 0.6) is 11.5 Å². The molecule has 0 fully saturated rings. The summed E-state index contributed by atoms with van der Waals surface area (Å²) in [4.78, 5) is 12.3. The van der Waals surface area contributed by atoms with Crippen LogP contribution in [-0.2, 0) is 6.18 Å². The monoisotopic (exact) mass is 391 g/mol. The van der Waals surface area contributed by atoms with E-state index in [-0.39, 0.29) is 23.6 Å². The van der Waals surface area contributed by atoms with Crippen LogP contribution in [0.15, 0.2) is 71.3 Å². The number of nitrogens with one attached hydrogen (secondary N) is 1. The average Bonchev–Trinajstić information content (AvgIpc) is 3.20. The van der Waals surface area contributed by atoms with Crippen LogP contribution in [0.3, 0.4) is 0 Å². The van der Waals surface area contributed by atoms with Crippen molar-refractivity contribution in [3.8, 4) is 11.5 Å². The van der Waals surface area contributed by atoms with Crippen molar-refractivity contribution in [2.75, 3.05) is 6.54 Å². The van der Waals surface area contributed by atoms with Crippen LogP contribution in [0, 0.1) is 0 Å². The standard InChI is InChI=1S/C20H16F3NO4/c21-20(22,23)14-5-2-7-16(11-14)28-15-6-1-4-13(10-15)19(26)24-12-17(25)18-8-3-9-27-18/h1-11,17,25H,12H2,(H,24,26). The minimum atomic E-state index is -4.48. The number of carbonyl (C=O) groups is 1. The van der Waals surface area contributed by atoms with Crippen LogP contribution in [0.2, 0.25) is 0 Å². The number of benzene rings is 2. The van der Waals surface area contributed by atoms with Gasteiger partial charge in [-0.2, -0.15) is 13.2 Å². The molecule has 146 valence electrons. The molecule has 1 atom stereocenters.